The van der Waals surface area contributed by atoms with E-state index in [4.69, 9.17) is 10.00 Å². The Kier molecular flexibility index (Phi) is 5.71. The van der Waals surface area contributed by atoms with Gasteiger partial charge in [-0.1, -0.05) is 0 Å². The maximum absolute atomic E-state index is 12.1. The molecule has 0 N–H and O–H groups in total. The van der Waals surface area contributed by atoms with Crippen LogP contribution in [0.15, 0.2) is 54.6 Å². The van der Waals surface area contributed by atoms with E-state index in [9.17, 15) is 4.79 Å². The number of nitrogens with zero attached hydrogens (tertiary/aromatic N) is 1. The van der Waals surface area contributed by atoms with Gasteiger partial charge in [0.1, 0.15) is 0 Å². The molecule has 4 heteroatoms. The van der Waals surface area contributed by atoms with Crippen molar-refractivity contribution < 1.29 is 9.53 Å². The molecular weight excluding hydrogens is 329 g/mol. The summed E-state index contributed by atoms with van der Waals surface area (Å²) in [5, 5.41) is 8.66. The molecule has 0 radical (unpaired) electrons. The van der Waals surface area contributed by atoms with Crippen LogP contribution in [0.25, 0.3) is 0 Å². The summed E-state index contributed by atoms with van der Waals surface area (Å²) in [6.45, 7) is 2.44. The Morgan fingerprint density at radius 2 is 1.86 bits per heavy atom. The van der Waals surface area contributed by atoms with Gasteiger partial charge in [0.05, 0.1) is 0 Å². The first-order chi connectivity index (χ1) is 10.2. The van der Waals surface area contributed by atoms with Crippen LogP contribution in [0.5, 0.6) is 0 Å². The van der Waals surface area contributed by atoms with Crippen molar-refractivity contribution in [2.75, 3.05) is 0 Å². The Morgan fingerprint density at radius 1 is 1.19 bits per heavy atom. The fourth-order valence-corrected chi connectivity index (χ4v) is 3.21. The number of benzene rings is 2. The van der Waals surface area contributed by atoms with Gasteiger partial charge in [-0.25, -0.2) is 0 Å². The van der Waals surface area contributed by atoms with E-state index in [1.165, 1.54) is 0 Å². The Hall–Kier alpha value is -1.92. The number of carbonyl (C=O) groups is 1. The Bertz CT molecular complexity index is 632. The van der Waals surface area contributed by atoms with E-state index in [-0.39, 0.29) is 24.6 Å². The van der Waals surface area contributed by atoms with Crippen LogP contribution in [-0.4, -0.2) is 24.6 Å². The molecule has 0 spiro atoms. The molecule has 0 fully saturated rings. The van der Waals surface area contributed by atoms with Gasteiger partial charge in [-0.15, -0.1) is 0 Å². The minimum atomic E-state index is -0.275. The van der Waals surface area contributed by atoms with Gasteiger partial charge < -0.3 is 0 Å². The minimum absolute atomic E-state index is 0.0825. The van der Waals surface area contributed by atoms with Gasteiger partial charge in [-0.05, 0) is 0 Å². The molecule has 3 nitrogen and oxygen atoms in total. The van der Waals surface area contributed by atoms with Gasteiger partial charge in [-0.3, -0.25) is 0 Å². The second-order valence-electron chi connectivity index (χ2n) is 4.46. The topological polar surface area (TPSA) is 50.1 Å². The summed E-state index contributed by atoms with van der Waals surface area (Å²) in [5.41, 5.74) is 2.31. The third-order valence-electron chi connectivity index (χ3n) is 2.85. The molecule has 0 aliphatic rings. The average molecular weight is 344 g/mol. The number of hydrogen-bond acceptors (Lipinski definition) is 3. The third-order valence-corrected chi connectivity index (χ3v) is 4.78. The molecule has 1 unspecified atom stereocenters. The maximum atomic E-state index is 12.1. The van der Waals surface area contributed by atoms with E-state index in [1.54, 1.807) is 24.3 Å². The molecule has 2 aromatic carbocycles. The van der Waals surface area contributed by atoms with Crippen LogP contribution >= 0.6 is 0 Å². The molecule has 0 aliphatic heterocycles. The molecule has 0 aliphatic carbocycles. The van der Waals surface area contributed by atoms with E-state index >= 15 is 0 Å². The standard InChI is InChI=1S/C17H15NO2Se/c1-13(20-12-15-5-3-2-4-6-15)21-17(19)16-9-7-14(11-18)8-10-16/h2-10,13H,12H2,1H3. The van der Waals surface area contributed by atoms with Crippen molar-refractivity contribution in [2.45, 2.75) is 18.5 Å². The Balaban J connectivity index is 1.85. The van der Waals surface area contributed by atoms with Gasteiger partial charge in [-0.2, -0.15) is 0 Å². The normalized spacial score (nSPS) is 11.6. The molecule has 106 valence electrons. The van der Waals surface area contributed by atoms with Crippen molar-refractivity contribution in [1.29, 1.82) is 5.26 Å². The number of rotatable bonds is 6. The molecule has 0 saturated heterocycles. The summed E-state index contributed by atoms with van der Waals surface area (Å²) >= 11 is -0.275. The van der Waals surface area contributed by atoms with Crippen LogP contribution in [-0.2, 0) is 11.3 Å². The molecule has 1 atom stereocenters. The first-order valence-electron chi connectivity index (χ1n) is 6.55. The molecule has 0 heterocycles. The predicted molar refractivity (Wildman–Crippen MR) is 81.9 cm³/mol. The zero-order valence-corrected chi connectivity index (χ0v) is 13.4. The third kappa shape index (κ3) is 4.84. The van der Waals surface area contributed by atoms with Gasteiger partial charge in [0.15, 0.2) is 0 Å². The van der Waals surface area contributed by atoms with Crippen molar-refractivity contribution in [3.8, 4) is 6.07 Å². The van der Waals surface area contributed by atoms with Gasteiger partial charge in [0.2, 0.25) is 0 Å². The number of ether oxygens (including phenoxy) is 1. The molecule has 2 aromatic rings. The Morgan fingerprint density at radius 3 is 2.48 bits per heavy atom. The van der Waals surface area contributed by atoms with E-state index in [0.29, 0.717) is 17.7 Å². The van der Waals surface area contributed by atoms with E-state index in [0.717, 1.165) is 5.56 Å². The summed E-state index contributed by atoms with van der Waals surface area (Å²) < 4.78 is 5.81. The van der Waals surface area contributed by atoms with Crippen LogP contribution in [0, 0.1) is 11.3 Å². The predicted octanol–water partition coefficient (Wildman–Crippen LogP) is 2.97. The summed E-state index contributed by atoms with van der Waals surface area (Å²) in [5.74, 6) is 0. The van der Waals surface area contributed by atoms with E-state index in [1.807, 2.05) is 43.3 Å². The Labute approximate surface area is 130 Å². The van der Waals surface area contributed by atoms with Crippen molar-refractivity contribution in [3.63, 3.8) is 0 Å². The number of nitriles is 1. The van der Waals surface area contributed by atoms with Crippen molar-refractivity contribution >= 4 is 19.6 Å². The fourth-order valence-electron chi connectivity index (χ4n) is 1.72. The van der Waals surface area contributed by atoms with Crippen molar-refractivity contribution in [2.24, 2.45) is 0 Å². The first-order valence-corrected chi connectivity index (χ1v) is 8.40. The van der Waals surface area contributed by atoms with Crippen molar-refractivity contribution in [3.05, 3.63) is 71.3 Å². The second kappa shape index (κ2) is 7.75. The van der Waals surface area contributed by atoms with E-state index in [2.05, 4.69) is 0 Å². The van der Waals surface area contributed by atoms with Gasteiger partial charge in [0.25, 0.3) is 0 Å². The number of carbonyl (C=O) groups excluding carboxylic acids is 1. The van der Waals surface area contributed by atoms with Crippen LogP contribution in [0.1, 0.15) is 28.4 Å². The van der Waals surface area contributed by atoms with Crippen LogP contribution in [0.3, 0.4) is 0 Å². The average Bonchev–Trinajstić information content (AvgIpc) is 2.54. The molecule has 0 bridgehead atoms. The molecule has 21 heavy (non-hydrogen) atoms. The van der Waals surface area contributed by atoms with Crippen molar-refractivity contribution in [1.82, 2.24) is 0 Å². The summed E-state index contributed by atoms with van der Waals surface area (Å²) in [7, 11) is 0. The van der Waals surface area contributed by atoms with Gasteiger partial charge >= 0.3 is 130 Å². The van der Waals surface area contributed by atoms with E-state index < -0.39 is 0 Å². The van der Waals surface area contributed by atoms with Gasteiger partial charge in [0, 0.05) is 0 Å². The molecule has 2 rings (SSSR count). The molecular formula is C17H15NO2Se. The first kappa shape index (κ1) is 15.5. The molecule has 0 saturated carbocycles. The second-order valence-corrected chi connectivity index (χ2v) is 7.12. The zero-order chi connectivity index (χ0) is 15.1. The number of hydrogen-bond donors (Lipinski definition) is 0. The SMILES string of the molecule is CC(OCc1ccccc1)[Se]C(=O)c1ccc(C#N)cc1. The monoisotopic (exact) mass is 345 g/mol. The van der Waals surface area contributed by atoms with Crippen LogP contribution < -0.4 is 0 Å². The summed E-state index contributed by atoms with van der Waals surface area (Å²) in [4.78, 5) is 12.1. The summed E-state index contributed by atoms with van der Waals surface area (Å²) in [6, 6.07) is 18.7. The zero-order valence-electron chi connectivity index (χ0n) is 11.7. The molecule has 0 aromatic heterocycles. The molecule has 0 amide bonds. The quantitative estimate of drug-likeness (QED) is 0.757. The van der Waals surface area contributed by atoms with Crippen LogP contribution in [0.2, 0.25) is 0 Å². The van der Waals surface area contributed by atoms with Crippen LogP contribution in [0.4, 0.5) is 0 Å². The fraction of sp³-hybridized carbons (Fsp3) is 0.176. The summed E-state index contributed by atoms with van der Waals surface area (Å²) in [6.07, 6.45) is 0.